The van der Waals surface area contributed by atoms with Crippen LogP contribution in [0.5, 0.6) is 0 Å². The molecule has 0 fully saturated rings. The number of rotatable bonds is 2. The van der Waals surface area contributed by atoms with Gasteiger partial charge in [-0.15, -0.1) is 0 Å². The van der Waals surface area contributed by atoms with E-state index in [9.17, 15) is 4.79 Å². The van der Waals surface area contributed by atoms with Crippen molar-refractivity contribution < 1.29 is 4.79 Å². The van der Waals surface area contributed by atoms with Crippen LogP contribution >= 0.6 is 0 Å². The molecule has 1 N–H and O–H groups in total. The Kier molecular flexibility index (Phi) is 6.99. The van der Waals surface area contributed by atoms with E-state index in [-0.39, 0.29) is 57.3 Å². The number of carbonyl (C=O) groups excluding carboxylic acids is 1. The van der Waals surface area contributed by atoms with Crippen LogP contribution in [-0.4, -0.2) is 63.8 Å². The molecule has 12 heavy (non-hydrogen) atoms. The molecule has 2 nitrogen and oxygen atoms in total. The van der Waals surface area contributed by atoms with Crippen molar-refractivity contribution in [2.24, 2.45) is 0 Å². The van der Waals surface area contributed by atoms with Gasteiger partial charge in [-0.25, -0.2) is 0 Å². The van der Waals surface area contributed by atoms with Crippen molar-refractivity contribution in [3.05, 3.63) is 35.9 Å². The van der Waals surface area contributed by atoms with Crippen molar-refractivity contribution >= 4 is 57.3 Å². The minimum atomic E-state index is -0.00639. The molecule has 1 amide bonds. The molecule has 0 heterocycles. The van der Waals surface area contributed by atoms with Crippen molar-refractivity contribution in [2.75, 3.05) is 6.54 Å². The Hall–Kier alpha value is 0.326. The Morgan fingerprint density at radius 2 is 1.92 bits per heavy atom. The third-order valence-corrected chi connectivity index (χ3v) is 1.37. The van der Waals surface area contributed by atoms with Crippen molar-refractivity contribution in [2.45, 2.75) is 6.92 Å². The van der Waals surface area contributed by atoms with Gasteiger partial charge in [-0.05, 0) is 19.1 Å². The van der Waals surface area contributed by atoms with Gasteiger partial charge in [-0.1, -0.05) is 18.2 Å². The molecule has 60 valence electrons. The Morgan fingerprint density at radius 1 is 1.33 bits per heavy atom. The summed E-state index contributed by atoms with van der Waals surface area (Å²) in [6.07, 6.45) is 0. The third kappa shape index (κ3) is 3.82. The number of carbonyl (C=O) groups is 1. The third-order valence-electron chi connectivity index (χ3n) is 1.37. The van der Waals surface area contributed by atoms with Crippen LogP contribution in [0.1, 0.15) is 17.3 Å². The molecule has 3 heteroatoms. The van der Waals surface area contributed by atoms with E-state index >= 15 is 0 Å². The second kappa shape index (κ2) is 6.80. The average molecular weight is 189 g/mol. The molecule has 0 atom stereocenters. The fraction of sp³-hybridized carbons (Fsp3) is 0.222. The summed E-state index contributed by atoms with van der Waals surface area (Å²) in [6, 6.07) is 9.19. The minimum absolute atomic E-state index is 0. The summed E-state index contributed by atoms with van der Waals surface area (Å²) in [7, 11) is 0. The molecule has 0 aliphatic heterocycles. The fourth-order valence-electron chi connectivity index (χ4n) is 0.852. The predicted octanol–water partition coefficient (Wildman–Crippen LogP) is 0.788. The SMILES string of the molecule is CCNC(=O)c1ccccc1.[KH]. The van der Waals surface area contributed by atoms with Gasteiger partial charge in [-0.2, -0.15) is 0 Å². The van der Waals surface area contributed by atoms with Crippen LogP contribution in [0.15, 0.2) is 30.3 Å². The van der Waals surface area contributed by atoms with E-state index in [0.717, 1.165) is 0 Å². The van der Waals surface area contributed by atoms with Crippen LogP contribution in [0.3, 0.4) is 0 Å². The molecule has 0 saturated heterocycles. The van der Waals surface area contributed by atoms with Gasteiger partial charge >= 0.3 is 51.4 Å². The van der Waals surface area contributed by atoms with E-state index in [0.29, 0.717) is 12.1 Å². The molecule has 0 saturated carbocycles. The quantitative estimate of drug-likeness (QED) is 0.685. The normalized spacial score (nSPS) is 8.42. The summed E-state index contributed by atoms with van der Waals surface area (Å²) in [5.74, 6) is -0.00639. The van der Waals surface area contributed by atoms with Crippen molar-refractivity contribution in [3.63, 3.8) is 0 Å². The van der Waals surface area contributed by atoms with Crippen LogP contribution < -0.4 is 5.32 Å². The van der Waals surface area contributed by atoms with Gasteiger partial charge in [0.25, 0.3) is 5.91 Å². The zero-order valence-corrected chi connectivity index (χ0v) is 6.50. The zero-order chi connectivity index (χ0) is 8.10. The van der Waals surface area contributed by atoms with Gasteiger partial charge in [0, 0.05) is 12.1 Å². The molecule has 1 aromatic rings. The second-order valence-electron chi connectivity index (χ2n) is 2.23. The predicted molar refractivity (Wildman–Crippen MR) is 51.6 cm³/mol. The van der Waals surface area contributed by atoms with Gasteiger partial charge in [0.2, 0.25) is 0 Å². The average Bonchev–Trinajstić information content (AvgIpc) is 2.07. The molecule has 1 rings (SSSR count). The van der Waals surface area contributed by atoms with Gasteiger partial charge in [0.15, 0.2) is 0 Å². The van der Waals surface area contributed by atoms with Gasteiger partial charge in [0.05, 0.1) is 0 Å². The summed E-state index contributed by atoms with van der Waals surface area (Å²) < 4.78 is 0. The molecule has 0 aliphatic carbocycles. The summed E-state index contributed by atoms with van der Waals surface area (Å²) in [5, 5.41) is 2.72. The number of nitrogens with one attached hydrogen (secondary N) is 1. The zero-order valence-electron chi connectivity index (χ0n) is 6.50. The molecule has 0 radical (unpaired) electrons. The maximum atomic E-state index is 11.1. The first-order chi connectivity index (χ1) is 5.34. The van der Waals surface area contributed by atoms with E-state index in [4.69, 9.17) is 0 Å². The van der Waals surface area contributed by atoms with Crippen LogP contribution in [0.25, 0.3) is 0 Å². The monoisotopic (exact) mass is 189 g/mol. The molecule has 0 aromatic heterocycles. The van der Waals surface area contributed by atoms with E-state index in [1.165, 1.54) is 0 Å². The Labute approximate surface area is 115 Å². The first-order valence-corrected chi connectivity index (χ1v) is 3.68. The molecule has 1 aromatic carbocycles. The molecule has 0 bridgehead atoms. The molecule has 0 spiro atoms. The van der Waals surface area contributed by atoms with Gasteiger partial charge < -0.3 is 5.32 Å². The van der Waals surface area contributed by atoms with Crippen molar-refractivity contribution in [3.8, 4) is 0 Å². The molecule has 0 aliphatic rings. The van der Waals surface area contributed by atoms with E-state index < -0.39 is 0 Å². The summed E-state index contributed by atoms with van der Waals surface area (Å²) >= 11 is 0. The topological polar surface area (TPSA) is 29.1 Å². The van der Waals surface area contributed by atoms with Gasteiger partial charge in [0.1, 0.15) is 0 Å². The molecular weight excluding hydrogens is 177 g/mol. The summed E-state index contributed by atoms with van der Waals surface area (Å²) in [4.78, 5) is 11.1. The van der Waals surface area contributed by atoms with Crippen LogP contribution in [0.2, 0.25) is 0 Å². The van der Waals surface area contributed by atoms with Crippen LogP contribution in [0.4, 0.5) is 0 Å². The first-order valence-electron chi connectivity index (χ1n) is 3.68. The Balaban J connectivity index is 0.00000121. The molecule has 0 unspecified atom stereocenters. The summed E-state index contributed by atoms with van der Waals surface area (Å²) in [6.45, 7) is 2.58. The standard InChI is InChI=1S/C9H11NO.K.H/c1-2-10-9(11)8-6-4-3-5-7-8;;/h3-7H,2H2,1H3,(H,10,11);;. The van der Waals surface area contributed by atoms with Gasteiger partial charge in [-0.3, -0.25) is 4.79 Å². The van der Waals surface area contributed by atoms with E-state index in [1.807, 2.05) is 25.1 Å². The van der Waals surface area contributed by atoms with Crippen LogP contribution in [0, 0.1) is 0 Å². The number of amides is 1. The number of benzene rings is 1. The fourth-order valence-corrected chi connectivity index (χ4v) is 0.852. The first kappa shape index (κ1) is 12.3. The van der Waals surface area contributed by atoms with E-state index in [2.05, 4.69) is 5.32 Å². The van der Waals surface area contributed by atoms with Crippen LogP contribution in [-0.2, 0) is 0 Å². The second-order valence-corrected chi connectivity index (χ2v) is 2.23. The van der Waals surface area contributed by atoms with E-state index in [1.54, 1.807) is 12.1 Å². The Bertz CT molecular complexity index is 236. The Morgan fingerprint density at radius 3 is 2.42 bits per heavy atom. The summed E-state index contributed by atoms with van der Waals surface area (Å²) in [5.41, 5.74) is 0.717. The van der Waals surface area contributed by atoms with Crippen molar-refractivity contribution in [1.29, 1.82) is 0 Å². The number of hydrogen-bond donors (Lipinski definition) is 1. The molecular formula is C9H12KNO. The van der Waals surface area contributed by atoms with Crippen molar-refractivity contribution in [1.82, 2.24) is 5.32 Å². The maximum absolute atomic E-state index is 11.1. The number of hydrogen-bond acceptors (Lipinski definition) is 1.